The Bertz CT molecular complexity index is 1440. The van der Waals surface area contributed by atoms with Crippen molar-refractivity contribution in [2.75, 3.05) is 41.2 Å². The Labute approximate surface area is 357 Å². The first kappa shape index (κ1) is 53.0. The molecule has 0 aromatic carbocycles. The van der Waals surface area contributed by atoms with Gasteiger partial charge in [0.15, 0.2) is 0 Å². The van der Waals surface area contributed by atoms with Gasteiger partial charge in [-0.3, -0.25) is 14.4 Å². The third kappa shape index (κ3) is 11.7. The average molecular weight is 939 g/mol. The second-order valence-electron chi connectivity index (χ2n) is 18.2. The Morgan fingerprint density at radius 1 is 0.571 bits per heavy atom. The van der Waals surface area contributed by atoms with Crippen LogP contribution >= 0.6 is 0 Å². The highest BCUT2D eigenvalue weighted by Crippen LogP contribution is 2.59. The normalized spacial score (nSPS) is 32.5. The van der Waals surface area contributed by atoms with Gasteiger partial charge in [0.25, 0.3) is 11.2 Å². The fourth-order valence-electron chi connectivity index (χ4n) is 11.6. The van der Waals surface area contributed by atoms with Gasteiger partial charge in [0.05, 0.1) is 25.6 Å². The summed E-state index contributed by atoms with van der Waals surface area (Å²) >= 11 is 0. The topological polar surface area (TPSA) is 138 Å². The number of carbonyl (C=O) groups excluding carboxylic acids is 3. The quantitative estimate of drug-likeness (QED) is 0.0755. The minimum Gasteiger partial charge on any atom is -0.469 e. The molecule has 6 saturated carbocycles. The molecule has 0 saturated heterocycles. The fourth-order valence-corrected chi connectivity index (χ4v) is 11.6. The molecule has 0 aromatic rings. The van der Waals surface area contributed by atoms with Crippen molar-refractivity contribution in [3.63, 3.8) is 0 Å². The first-order valence-corrected chi connectivity index (χ1v) is 21.2. The van der Waals surface area contributed by atoms with Gasteiger partial charge in [-0.2, -0.15) is 52.7 Å². The Morgan fingerprint density at radius 2 is 1.03 bits per heavy atom. The number of carbonyl (C=O) groups is 3. The van der Waals surface area contributed by atoms with Crippen molar-refractivity contribution in [1.29, 1.82) is 0 Å². The van der Waals surface area contributed by atoms with E-state index in [1.165, 1.54) is 21.1 Å². The summed E-state index contributed by atoms with van der Waals surface area (Å²) in [6.45, 7) is 2.32. The summed E-state index contributed by atoms with van der Waals surface area (Å²) in [5.74, 6) is -3.63. The molecule has 0 heterocycles. The summed E-state index contributed by atoms with van der Waals surface area (Å²) in [7, 11) is 4.51. The number of rotatable bonds is 14. The highest BCUT2D eigenvalue weighted by atomic mass is 19.4. The maximum absolute atomic E-state index is 12.7. The lowest BCUT2D eigenvalue weighted by atomic mass is 9.70. The molecular formula is C41H58F12O10. The van der Waals surface area contributed by atoms with Gasteiger partial charge in [0.1, 0.15) is 12.7 Å². The molecule has 0 aromatic heterocycles. The standard InChI is InChI=1S/C19H30O8.2C11H14F6O/c1-11(20)27-17-13-10-14(16(17)19(22)26-9-8-24-3)15(18(21)25-4)12(13)6-5-7-23-2;2*12-10(13,14)9(18,11(15,16)17)5-8-4-6-1-2-7(8)3-6/h12-17H,5-10H2,1-4H3;2*6-8,18H,1-5H2. The van der Waals surface area contributed by atoms with Crippen molar-refractivity contribution >= 4 is 17.9 Å². The summed E-state index contributed by atoms with van der Waals surface area (Å²) < 4.78 is 176. The molecular weight excluding hydrogens is 880 g/mol. The van der Waals surface area contributed by atoms with Gasteiger partial charge in [0, 0.05) is 33.7 Å². The van der Waals surface area contributed by atoms with E-state index in [1.54, 1.807) is 7.11 Å². The average Bonchev–Trinajstić information content (AvgIpc) is 4.03. The van der Waals surface area contributed by atoms with Gasteiger partial charge in [-0.25, -0.2) is 0 Å². The molecule has 12 unspecified atom stereocenters. The zero-order valence-electron chi connectivity index (χ0n) is 35.4. The molecule has 63 heavy (non-hydrogen) atoms. The minimum absolute atomic E-state index is 0.00928. The second kappa shape index (κ2) is 20.5. The molecule has 6 fully saturated rings. The number of alkyl halides is 12. The van der Waals surface area contributed by atoms with Crippen molar-refractivity contribution in [1.82, 2.24) is 0 Å². The lowest BCUT2D eigenvalue weighted by Gasteiger charge is -2.38. The Morgan fingerprint density at radius 3 is 1.38 bits per heavy atom. The molecule has 6 aliphatic carbocycles. The van der Waals surface area contributed by atoms with Crippen LogP contribution in [-0.2, 0) is 38.1 Å². The third-order valence-corrected chi connectivity index (χ3v) is 14.5. The molecule has 0 amide bonds. The largest absolute Gasteiger partial charge is 0.469 e. The van der Waals surface area contributed by atoms with E-state index in [1.807, 2.05) is 0 Å². The van der Waals surface area contributed by atoms with Crippen LogP contribution in [-0.4, -0.2) is 111 Å². The summed E-state index contributed by atoms with van der Waals surface area (Å²) in [5, 5.41) is 18.2. The molecule has 10 nitrogen and oxygen atoms in total. The van der Waals surface area contributed by atoms with E-state index in [-0.39, 0.29) is 60.6 Å². The second-order valence-corrected chi connectivity index (χ2v) is 18.2. The van der Waals surface area contributed by atoms with Crippen molar-refractivity contribution in [2.45, 2.75) is 132 Å². The zero-order chi connectivity index (χ0) is 47.5. The molecule has 6 bridgehead atoms. The summed E-state index contributed by atoms with van der Waals surface area (Å²) in [6.07, 6.45) is -18.3. The summed E-state index contributed by atoms with van der Waals surface area (Å²) in [5.41, 5.74) is -9.12. The van der Waals surface area contributed by atoms with Crippen LogP contribution in [0.5, 0.6) is 0 Å². The van der Waals surface area contributed by atoms with Crippen LogP contribution in [0.15, 0.2) is 0 Å². The molecule has 2 N–H and O–H groups in total. The highest BCUT2D eigenvalue weighted by Gasteiger charge is 2.72. The molecule has 0 aliphatic heterocycles. The number of hydrogen-bond acceptors (Lipinski definition) is 10. The first-order chi connectivity index (χ1) is 29.0. The number of methoxy groups -OCH3 is 3. The maximum Gasteiger partial charge on any atom is 0.426 e. The molecule has 6 aliphatic rings. The van der Waals surface area contributed by atoms with Gasteiger partial charge in [-0.1, -0.05) is 12.8 Å². The van der Waals surface area contributed by atoms with E-state index < -0.39 is 90.5 Å². The van der Waals surface area contributed by atoms with Crippen LogP contribution in [0.25, 0.3) is 0 Å². The monoisotopic (exact) mass is 938 g/mol. The molecule has 12 atom stereocenters. The van der Waals surface area contributed by atoms with Crippen molar-refractivity contribution in [3.05, 3.63) is 0 Å². The van der Waals surface area contributed by atoms with E-state index in [0.29, 0.717) is 51.6 Å². The van der Waals surface area contributed by atoms with Crippen LogP contribution in [0, 0.1) is 65.1 Å². The minimum atomic E-state index is -5.67. The van der Waals surface area contributed by atoms with Crippen molar-refractivity contribution < 1.29 is 101 Å². The van der Waals surface area contributed by atoms with Gasteiger partial charge in [-0.15, -0.1) is 0 Å². The van der Waals surface area contributed by atoms with E-state index in [9.17, 15) is 67.1 Å². The highest BCUT2D eigenvalue weighted by molar-refractivity contribution is 5.80. The van der Waals surface area contributed by atoms with E-state index in [2.05, 4.69) is 0 Å². The van der Waals surface area contributed by atoms with Crippen LogP contribution in [0.1, 0.15) is 90.4 Å². The predicted octanol–water partition coefficient (Wildman–Crippen LogP) is 8.54. The SMILES string of the molecule is COCCCC1C2CC(C1C(=O)OC)C(C(=O)OCCOC)C2OC(C)=O.OC(CC1CC2CCC1C2)(C(F)(F)F)C(F)(F)F.OC(CC1CC2CCC1C2)(C(F)(F)F)C(F)(F)F. The Balaban J connectivity index is 0.000000214. The first-order valence-electron chi connectivity index (χ1n) is 21.2. The van der Waals surface area contributed by atoms with Gasteiger partial charge in [-0.05, 0) is 118 Å². The number of esters is 3. The van der Waals surface area contributed by atoms with E-state index in [0.717, 1.165) is 25.7 Å². The molecule has 0 radical (unpaired) electrons. The molecule has 22 heteroatoms. The van der Waals surface area contributed by atoms with E-state index in [4.69, 9.17) is 33.9 Å². The van der Waals surface area contributed by atoms with Gasteiger partial charge < -0.3 is 33.9 Å². The number of aliphatic hydroxyl groups is 2. The fraction of sp³-hybridized carbons (Fsp3) is 0.927. The lowest BCUT2D eigenvalue weighted by Crippen LogP contribution is -2.58. The lowest BCUT2D eigenvalue weighted by molar-refractivity contribution is -0.373. The Kier molecular flexibility index (Phi) is 17.3. The maximum atomic E-state index is 12.7. The van der Waals surface area contributed by atoms with Crippen LogP contribution in [0.3, 0.4) is 0 Å². The zero-order valence-corrected chi connectivity index (χ0v) is 35.4. The van der Waals surface area contributed by atoms with Gasteiger partial charge in [0.2, 0.25) is 0 Å². The number of ether oxygens (including phenoxy) is 5. The molecule has 0 spiro atoms. The predicted molar refractivity (Wildman–Crippen MR) is 195 cm³/mol. The van der Waals surface area contributed by atoms with E-state index >= 15 is 0 Å². The summed E-state index contributed by atoms with van der Waals surface area (Å²) in [4.78, 5) is 36.8. The van der Waals surface area contributed by atoms with Crippen LogP contribution in [0.2, 0.25) is 0 Å². The number of fused-ring (bicyclic) bond motifs is 6. The smallest absolute Gasteiger partial charge is 0.426 e. The number of hydrogen-bond donors (Lipinski definition) is 2. The summed E-state index contributed by atoms with van der Waals surface area (Å²) in [6, 6.07) is 0. The van der Waals surface area contributed by atoms with Crippen molar-refractivity contribution in [2.24, 2.45) is 65.1 Å². The Hall–Kier alpha value is -2.59. The number of halogens is 12. The van der Waals surface area contributed by atoms with Gasteiger partial charge >= 0.3 is 42.6 Å². The third-order valence-electron chi connectivity index (χ3n) is 14.5. The van der Waals surface area contributed by atoms with Crippen molar-refractivity contribution in [3.8, 4) is 0 Å². The van der Waals surface area contributed by atoms with Crippen LogP contribution in [0.4, 0.5) is 52.7 Å². The molecule has 6 rings (SSSR count). The van der Waals surface area contributed by atoms with Crippen LogP contribution < -0.4 is 0 Å². The molecule has 366 valence electrons.